The topological polar surface area (TPSA) is 44.1 Å². The molecule has 0 unspecified atom stereocenters. The molecule has 0 saturated carbocycles. The molecule has 0 aliphatic heterocycles. The molecule has 0 radical (unpaired) electrons. The van der Waals surface area contributed by atoms with Gasteiger partial charge in [0.1, 0.15) is 5.82 Å². The zero-order valence-electron chi connectivity index (χ0n) is 15.0. The standard InChI is InChI=1S/C20H21FN2O2S/c1-13(12-25-3)23-19(24)17-6-4-5-7-18(17)22-20(23)26-14(2)15-8-10-16(21)11-9-15/h4-11,13-14H,12H2,1-3H3/t13-,14-/m0/s1. The first-order valence-electron chi connectivity index (χ1n) is 8.43. The second-order valence-electron chi connectivity index (χ2n) is 6.20. The third-order valence-electron chi connectivity index (χ3n) is 4.25. The molecular weight excluding hydrogens is 351 g/mol. The number of para-hydroxylation sites is 1. The predicted octanol–water partition coefficient (Wildman–Crippen LogP) is 4.60. The summed E-state index contributed by atoms with van der Waals surface area (Å²) >= 11 is 1.49. The number of thioether (sulfide) groups is 1. The van der Waals surface area contributed by atoms with Crippen molar-refractivity contribution in [2.45, 2.75) is 30.3 Å². The molecule has 3 rings (SSSR count). The highest BCUT2D eigenvalue weighted by atomic mass is 32.2. The van der Waals surface area contributed by atoms with Crippen molar-refractivity contribution in [2.75, 3.05) is 13.7 Å². The van der Waals surface area contributed by atoms with Crippen LogP contribution >= 0.6 is 11.8 Å². The summed E-state index contributed by atoms with van der Waals surface area (Å²) < 4.78 is 20.1. The number of ether oxygens (including phenoxy) is 1. The van der Waals surface area contributed by atoms with E-state index in [4.69, 9.17) is 9.72 Å². The molecule has 3 aromatic rings. The summed E-state index contributed by atoms with van der Waals surface area (Å²) in [6.45, 7) is 4.37. The highest BCUT2D eigenvalue weighted by Gasteiger charge is 2.19. The summed E-state index contributed by atoms with van der Waals surface area (Å²) in [5, 5.41) is 1.24. The van der Waals surface area contributed by atoms with Gasteiger partial charge in [0.25, 0.3) is 5.56 Å². The van der Waals surface area contributed by atoms with Crippen LogP contribution in [0.25, 0.3) is 10.9 Å². The monoisotopic (exact) mass is 372 g/mol. The molecule has 4 nitrogen and oxygen atoms in total. The van der Waals surface area contributed by atoms with Gasteiger partial charge < -0.3 is 4.74 Å². The van der Waals surface area contributed by atoms with Gasteiger partial charge in [0, 0.05) is 12.4 Å². The number of aromatic nitrogens is 2. The van der Waals surface area contributed by atoms with Crippen molar-refractivity contribution in [3.8, 4) is 0 Å². The van der Waals surface area contributed by atoms with Gasteiger partial charge in [-0.1, -0.05) is 36.0 Å². The van der Waals surface area contributed by atoms with Crippen molar-refractivity contribution in [3.05, 3.63) is 70.3 Å². The van der Waals surface area contributed by atoms with Crippen molar-refractivity contribution in [2.24, 2.45) is 0 Å². The van der Waals surface area contributed by atoms with E-state index in [1.54, 1.807) is 29.9 Å². The van der Waals surface area contributed by atoms with Crippen LogP contribution in [-0.4, -0.2) is 23.3 Å². The zero-order valence-corrected chi connectivity index (χ0v) is 15.8. The molecule has 0 saturated heterocycles. The van der Waals surface area contributed by atoms with E-state index in [9.17, 15) is 9.18 Å². The minimum absolute atomic E-state index is 0.0182. The SMILES string of the molecule is COC[C@H](C)n1c(S[C@@H](C)c2ccc(F)cc2)nc2ccccc2c1=O. The number of hydrogen-bond acceptors (Lipinski definition) is 4. The Bertz CT molecular complexity index is 956. The molecule has 0 bridgehead atoms. The van der Waals surface area contributed by atoms with Crippen LogP contribution in [0.4, 0.5) is 4.39 Å². The number of rotatable bonds is 6. The van der Waals surface area contributed by atoms with Gasteiger partial charge in [-0.25, -0.2) is 9.37 Å². The fraction of sp³-hybridized carbons (Fsp3) is 0.300. The summed E-state index contributed by atoms with van der Waals surface area (Å²) in [6, 6.07) is 13.6. The van der Waals surface area contributed by atoms with Crippen LogP contribution < -0.4 is 5.56 Å². The van der Waals surface area contributed by atoms with E-state index in [2.05, 4.69) is 0 Å². The quantitative estimate of drug-likeness (QED) is 0.469. The van der Waals surface area contributed by atoms with Crippen molar-refractivity contribution >= 4 is 22.7 Å². The van der Waals surface area contributed by atoms with E-state index in [1.165, 1.54) is 23.9 Å². The molecule has 1 heterocycles. The first-order chi connectivity index (χ1) is 12.5. The lowest BCUT2D eigenvalue weighted by Crippen LogP contribution is -2.28. The third kappa shape index (κ3) is 3.81. The smallest absolute Gasteiger partial charge is 0.262 e. The number of fused-ring (bicyclic) bond motifs is 1. The van der Waals surface area contributed by atoms with Gasteiger partial charge in [-0.05, 0) is 43.7 Å². The van der Waals surface area contributed by atoms with E-state index in [0.29, 0.717) is 22.7 Å². The Kier molecular flexibility index (Phi) is 5.74. The Labute approximate surface area is 156 Å². The van der Waals surface area contributed by atoms with Crippen LogP contribution in [0, 0.1) is 5.82 Å². The number of hydrogen-bond donors (Lipinski definition) is 0. The summed E-state index contributed by atoms with van der Waals surface area (Å²) in [7, 11) is 1.62. The minimum atomic E-state index is -0.264. The molecule has 0 spiro atoms. The Morgan fingerprint density at radius 3 is 2.54 bits per heavy atom. The molecule has 0 N–H and O–H groups in total. The van der Waals surface area contributed by atoms with Crippen molar-refractivity contribution in [3.63, 3.8) is 0 Å². The van der Waals surface area contributed by atoms with Crippen molar-refractivity contribution in [1.82, 2.24) is 9.55 Å². The van der Waals surface area contributed by atoms with Gasteiger partial charge in [-0.15, -0.1) is 0 Å². The highest BCUT2D eigenvalue weighted by molar-refractivity contribution is 7.99. The van der Waals surface area contributed by atoms with Crippen LogP contribution in [0.5, 0.6) is 0 Å². The first-order valence-corrected chi connectivity index (χ1v) is 9.31. The second-order valence-corrected chi connectivity index (χ2v) is 7.51. The fourth-order valence-corrected chi connectivity index (χ4v) is 4.01. The van der Waals surface area contributed by atoms with Crippen LogP contribution in [0.15, 0.2) is 58.5 Å². The maximum atomic E-state index is 13.2. The van der Waals surface area contributed by atoms with E-state index in [-0.39, 0.29) is 22.7 Å². The summed E-state index contributed by atoms with van der Waals surface area (Å²) in [4.78, 5) is 17.8. The van der Waals surface area contributed by atoms with Gasteiger partial charge in [-0.3, -0.25) is 9.36 Å². The van der Waals surface area contributed by atoms with E-state index in [1.807, 2.05) is 32.0 Å². The van der Waals surface area contributed by atoms with Crippen LogP contribution in [-0.2, 0) is 4.74 Å². The Balaban J connectivity index is 2.06. The summed E-state index contributed by atoms with van der Waals surface area (Å²) in [5.41, 5.74) is 1.57. The molecule has 6 heteroatoms. The largest absolute Gasteiger partial charge is 0.383 e. The van der Waals surface area contributed by atoms with Gasteiger partial charge in [0.15, 0.2) is 5.16 Å². The molecule has 0 aliphatic rings. The van der Waals surface area contributed by atoms with Crippen LogP contribution in [0.3, 0.4) is 0 Å². The maximum Gasteiger partial charge on any atom is 0.262 e. The zero-order chi connectivity index (χ0) is 18.7. The molecule has 136 valence electrons. The van der Waals surface area contributed by atoms with Crippen molar-refractivity contribution < 1.29 is 9.13 Å². The lowest BCUT2D eigenvalue weighted by Gasteiger charge is -2.21. The second kappa shape index (κ2) is 8.01. The molecular formula is C20H21FN2O2S. The molecule has 0 fully saturated rings. The lowest BCUT2D eigenvalue weighted by molar-refractivity contribution is 0.156. The molecule has 1 aromatic heterocycles. The number of halogens is 1. The van der Waals surface area contributed by atoms with Gasteiger partial charge in [0.2, 0.25) is 0 Å². The van der Waals surface area contributed by atoms with E-state index < -0.39 is 0 Å². The predicted molar refractivity (Wildman–Crippen MR) is 103 cm³/mol. The van der Waals surface area contributed by atoms with Crippen molar-refractivity contribution in [1.29, 1.82) is 0 Å². The lowest BCUT2D eigenvalue weighted by atomic mass is 10.2. The third-order valence-corrected chi connectivity index (χ3v) is 5.37. The number of nitrogens with zero attached hydrogens (tertiary/aromatic N) is 2. The Morgan fingerprint density at radius 2 is 1.85 bits per heavy atom. The van der Waals surface area contributed by atoms with Crippen LogP contribution in [0.1, 0.15) is 30.7 Å². The van der Waals surface area contributed by atoms with Crippen LogP contribution in [0.2, 0.25) is 0 Å². The highest BCUT2D eigenvalue weighted by Crippen LogP contribution is 2.34. The normalized spacial score (nSPS) is 13.7. The van der Waals surface area contributed by atoms with Gasteiger partial charge in [-0.2, -0.15) is 0 Å². The first kappa shape index (κ1) is 18.6. The average Bonchev–Trinajstić information content (AvgIpc) is 2.62. The summed E-state index contributed by atoms with van der Waals surface area (Å²) in [5.74, 6) is -0.264. The minimum Gasteiger partial charge on any atom is -0.383 e. The molecule has 0 amide bonds. The number of methoxy groups -OCH3 is 1. The van der Waals surface area contributed by atoms with Gasteiger partial charge in [0.05, 0.1) is 23.6 Å². The Hall–Kier alpha value is -2.18. The fourth-order valence-electron chi connectivity index (χ4n) is 2.87. The Morgan fingerprint density at radius 1 is 1.15 bits per heavy atom. The maximum absolute atomic E-state index is 13.2. The molecule has 0 aliphatic carbocycles. The van der Waals surface area contributed by atoms with E-state index >= 15 is 0 Å². The molecule has 2 atom stereocenters. The molecule has 2 aromatic carbocycles. The molecule has 26 heavy (non-hydrogen) atoms. The number of benzene rings is 2. The van der Waals surface area contributed by atoms with E-state index in [0.717, 1.165) is 5.56 Å². The van der Waals surface area contributed by atoms with Gasteiger partial charge >= 0.3 is 0 Å². The summed E-state index contributed by atoms with van der Waals surface area (Å²) in [6.07, 6.45) is 0. The average molecular weight is 372 g/mol.